The summed E-state index contributed by atoms with van der Waals surface area (Å²) in [4.78, 5) is 25.4. The van der Waals surface area contributed by atoms with Crippen LogP contribution in [0.25, 0.3) is 0 Å². The number of carbonyl (C=O) groups is 1. The predicted octanol–water partition coefficient (Wildman–Crippen LogP) is 4.87. The van der Waals surface area contributed by atoms with Crippen LogP contribution in [0.2, 0.25) is 0 Å². The molecule has 0 unspecified atom stereocenters. The van der Waals surface area contributed by atoms with Crippen LogP contribution >= 0.6 is 15.9 Å². The predicted molar refractivity (Wildman–Crippen MR) is 125 cm³/mol. The van der Waals surface area contributed by atoms with Crippen molar-refractivity contribution in [3.8, 4) is 11.5 Å². The molecule has 0 saturated heterocycles. The van der Waals surface area contributed by atoms with E-state index in [9.17, 15) is 14.9 Å². The number of nitrogens with zero attached hydrogens (tertiary/aromatic N) is 3. The van der Waals surface area contributed by atoms with Gasteiger partial charge >= 0.3 is 11.7 Å². The number of ether oxygens (including phenoxy) is 2. The second-order valence-electron chi connectivity index (χ2n) is 6.55. The number of hydrogen-bond acceptors (Lipinski definition) is 8. The van der Waals surface area contributed by atoms with Crippen molar-refractivity contribution >= 4 is 39.6 Å². The Labute approximate surface area is 197 Å². The fraction of sp³-hybridized carbons (Fsp3) is 0.136. The van der Waals surface area contributed by atoms with E-state index in [4.69, 9.17) is 14.6 Å². The molecule has 3 rings (SSSR count). The van der Waals surface area contributed by atoms with Crippen LogP contribution in [0.5, 0.6) is 11.5 Å². The van der Waals surface area contributed by atoms with Gasteiger partial charge in [-0.1, -0.05) is 12.1 Å². The van der Waals surface area contributed by atoms with E-state index in [-0.39, 0.29) is 23.7 Å². The summed E-state index contributed by atoms with van der Waals surface area (Å²) in [5.41, 5.74) is 4.02. The topological polar surface area (TPSA) is 136 Å². The summed E-state index contributed by atoms with van der Waals surface area (Å²) in [6, 6.07) is 12.7. The van der Waals surface area contributed by atoms with E-state index in [0.717, 1.165) is 5.56 Å². The van der Waals surface area contributed by atoms with Gasteiger partial charge in [0.25, 0.3) is 0 Å². The van der Waals surface area contributed by atoms with Crippen molar-refractivity contribution < 1.29 is 24.3 Å². The van der Waals surface area contributed by atoms with E-state index in [0.29, 0.717) is 28.1 Å². The second kappa shape index (κ2) is 11.0. The minimum absolute atomic E-state index is 0.0247. The molecule has 0 spiro atoms. The molecule has 0 radical (unpaired) electrons. The second-order valence-corrected chi connectivity index (χ2v) is 7.41. The Hall–Kier alpha value is -3.99. The molecule has 0 bridgehead atoms. The molecular formula is C22H19BrN4O6. The van der Waals surface area contributed by atoms with Gasteiger partial charge in [0.15, 0.2) is 11.5 Å². The van der Waals surface area contributed by atoms with Gasteiger partial charge in [0.05, 0.1) is 27.8 Å². The Kier molecular flexibility index (Phi) is 7.92. The third-order valence-electron chi connectivity index (χ3n) is 4.28. The molecule has 1 heterocycles. The van der Waals surface area contributed by atoms with Gasteiger partial charge in [0.1, 0.15) is 6.61 Å². The molecule has 0 saturated carbocycles. The molecule has 0 aliphatic rings. The van der Waals surface area contributed by atoms with Crippen molar-refractivity contribution in [1.29, 1.82) is 0 Å². The minimum Gasteiger partial charge on any atom is -0.490 e. The van der Waals surface area contributed by atoms with Gasteiger partial charge in [0, 0.05) is 12.3 Å². The maximum Gasteiger partial charge on any atom is 0.335 e. The molecule has 11 heteroatoms. The Balaban J connectivity index is 1.75. The molecular weight excluding hydrogens is 496 g/mol. The highest BCUT2D eigenvalue weighted by molar-refractivity contribution is 9.10. The fourth-order valence-electron chi connectivity index (χ4n) is 2.76. The average Bonchev–Trinajstić information content (AvgIpc) is 2.79. The fourth-order valence-corrected chi connectivity index (χ4v) is 3.34. The van der Waals surface area contributed by atoms with E-state index >= 15 is 0 Å². The Morgan fingerprint density at radius 2 is 2.03 bits per heavy atom. The quantitative estimate of drug-likeness (QED) is 0.222. The van der Waals surface area contributed by atoms with Gasteiger partial charge in [-0.25, -0.2) is 9.78 Å². The number of halogens is 1. The van der Waals surface area contributed by atoms with Crippen molar-refractivity contribution in [1.82, 2.24) is 4.98 Å². The zero-order valence-electron chi connectivity index (χ0n) is 17.4. The summed E-state index contributed by atoms with van der Waals surface area (Å²) in [6.07, 6.45) is 2.90. The minimum atomic E-state index is -0.992. The zero-order chi connectivity index (χ0) is 23.8. The normalized spacial score (nSPS) is 10.7. The SMILES string of the molecule is CCOc1cc(/C=N\Nc2ncccc2[N+](=O)[O-])cc(Br)c1OCc1ccc(C(=O)O)cc1. The van der Waals surface area contributed by atoms with Crippen LogP contribution in [-0.2, 0) is 6.61 Å². The number of hydrazone groups is 1. The third kappa shape index (κ3) is 6.26. The highest BCUT2D eigenvalue weighted by atomic mass is 79.9. The number of hydrogen-bond donors (Lipinski definition) is 2. The lowest BCUT2D eigenvalue weighted by atomic mass is 10.1. The van der Waals surface area contributed by atoms with Gasteiger partial charge in [-0.2, -0.15) is 5.10 Å². The molecule has 0 atom stereocenters. The van der Waals surface area contributed by atoms with Gasteiger partial charge in [0.2, 0.25) is 5.82 Å². The number of aromatic nitrogens is 1. The van der Waals surface area contributed by atoms with E-state index in [1.54, 1.807) is 24.3 Å². The number of pyridine rings is 1. The van der Waals surface area contributed by atoms with Crippen LogP contribution in [0, 0.1) is 10.1 Å². The van der Waals surface area contributed by atoms with Crippen molar-refractivity contribution in [2.24, 2.45) is 5.10 Å². The molecule has 0 aliphatic carbocycles. The molecule has 1 aromatic heterocycles. The smallest absolute Gasteiger partial charge is 0.335 e. The number of aromatic carboxylic acids is 1. The summed E-state index contributed by atoms with van der Waals surface area (Å²) in [6.45, 7) is 2.44. The monoisotopic (exact) mass is 514 g/mol. The largest absolute Gasteiger partial charge is 0.490 e. The number of nitro groups is 1. The molecule has 0 aliphatic heterocycles. The van der Waals surface area contributed by atoms with Gasteiger partial charge in [-0.15, -0.1) is 0 Å². The molecule has 0 amide bonds. The van der Waals surface area contributed by atoms with E-state index in [1.165, 1.54) is 36.7 Å². The maximum atomic E-state index is 11.1. The molecule has 10 nitrogen and oxygen atoms in total. The van der Waals surface area contributed by atoms with Crippen LogP contribution in [-0.4, -0.2) is 33.8 Å². The maximum absolute atomic E-state index is 11.1. The van der Waals surface area contributed by atoms with Gasteiger partial charge < -0.3 is 14.6 Å². The van der Waals surface area contributed by atoms with Crippen LogP contribution in [0.3, 0.4) is 0 Å². The van der Waals surface area contributed by atoms with Gasteiger partial charge in [-0.3, -0.25) is 15.5 Å². The number of carboxylic acid groups (broad SMARTS) is 1. The third-order valence-corrected chi connectivity index (χ3v) is 4.87. The Morgan fingerprint density at radius 1 is 1.27 bits per heavy atom. The summed E-state index contributed by atoms with van der Waals surface area (Å²) in [5, 5.41) is 24.1. The van der Waals surface area contributed by atoms with Gasteiger partial charge in [-0.05, 0) is 64.3 Å². The van der Waals surface area contributed by atoms with Crippen LogP contribution < -0.4 is 14.9 Å². The number of nitrogens with one attached hydrogen (secondary N) is 1. The first kappa shape index (κ1) is 23.7. The molecule has 33 heavy (non-hydrogen) atoms. The number of carboxylic acids is 1. The highest BCUT2D eigenvalue weighted by Gasteiger charge is 2.14. The van der Waals surface area contributed by atoms with Crippen molar-refractivity contribution in [3.05, 3.63) is 86.0 Å². The van der Waals surface area contributed by atoms with E-state index in [2.05, 4.69) is 31.4 Å². The molecule has 3 aromatic rings. The van der Waals surface area contributed by atoms with Crippen LogP contribution in [0.1, 0.15) is 28.4 Å². The van der Waals surface area contributed by atoms with Crippen LogP contribution in [0.4, 0.5) is 11.5 Å². The Morgan fingerprint density at radius 3 is 2.70 bits per heavy atom. The highest BCUT2D eigenvalue weighted by Crippen LogP contribution is 2.37. The number of rotatable bonds is 10. The number of anilines is 1. The van der Waals surface area contributed by atoms with Crippen molar-refractivity contribution in [2.45, 2.75) is 13.5 Å². The lowest BCUT2D eigenvalue weighted by Gasteiger charge is -2.15. The lowest BCUT2D eigenvalue weighted by molar-refractivity contribution is -0.384. The first-order valence-corrected chi connectivity index (χ1v) is 10.5. The molecule has 0 fully saturated rings. The van der Waals surface area contributed by atoms with Crippen molar-refractivity contribution in [3.63, 3.8) is 0 Å². The molecule has 2 N–H and O–H groups in total. The Bertz CT molecular complexity index is 1180. The molecule has 2 aromatic carbocycles. The lowest BCUT2D eigenvalue weighted by Crippen LogP contribution is -2.03. The average molecular weight is 515 g/mol. The zero-order valence-corrected chi connectivity index (χ0v) is 19.0. The van der Waals surface area contributed by atoms with E-state index in [1.807, 2.05) is 6.92 Å². The van der Waals surface area contributed by atoms with Crippen LogP contribution in [0.15, 0.2) is 64.3 Å². The standard InChI is InChI=1S/C22H19BrN4O6/c1-2-32-19-11-15(12-25-26-21-18(27(30)31)4-3-9-24-21)10-17(23)20(19)33-13-14-5-7-16(8-6-14)22(28)29/h3-12H,2,13H2,1H3,(H,24,26)(H,28,29)/b25-12-. The number of benzene rings is 2. The summed E-state index contributed by atoms with van der Waals surface area (Å²) < 4.78 is 12.2. The summed E-state index contributed by atoms with van der Waals surface area (Å²) >= 11 is 3.47. The van der Waals surface area contributed by atoms with E-state index < -0.39 is 10.9 Å². The molecule has 170 valence electrons. The first-order valence-electron chi connectivity index (χ1n) is 9.69. The first-order chi connectivity index (χ1) is 15.9. The van der Waals surface area contributed by atoms with Crippen molar-refractivity contribution in [2.75, 3.05) is 12.0 Å². The summed E-state index contributed by atoms with van der Waals surface area (Å²) in [5.74, 6) is -0.0195. The summed E-state index contributed by atoms with van der Waals surface area (Å²) in [7, 11) is 0.